The average molecular weight is 343 g/mol. The van der Waals surface area contributed by atoms with Crippen molar-refractivity contribution in [3.05, 3.63) is 84.5 Å². The fourth-order valence-corrected chi connectivity index (χ4v) is 3.04. The molecule has 0 radical (unpaired) electrons. The van der Waals surface area contributed by atoms with Crippen LogP contribution in [0.5, 0.6) is 0 Å². The number of carbonyl (C=O) groups excluding carboxylic acids is 1. The number of pyridine rings is 1. The minimum absolute atomic E-state index is 0.186. The van der Waals surface area contributed by atoms with Crippen LogP contribution in [0.25, 0.3) is 12.2 Å². The zero-order valence-corrected chi connectivity index (χ0v) is 13.4. The molecule has 3 rings (SSSR count). The Morgan fingerprint density at radius 2 is 1.91 bits per heavy atom. The highest BCUT2D eigenvalue weighted by Crippen LogP contribution is 2.14. The third kappa shape index (κ3) is 3.64. The van der Waals surface area contributed by atoms with Crippen molar-refractivity contribution in [1.82, 2.24) is 9.97 Å². The average Bonchev–Trinajstić information content (AvgIpc) is 2.90. The molecule has 2 aromatic heterocycles. The van der Waals surface area contributed by atoms with Crippen LogP contribution in [0.2, 0.25) is 5.02 Å². The van der Waals surface area contributed by atoms with Crippen molar-refractivity contribution in [3.8, 4) is 0 Å². The summed E-state index contributed by atoms with van der Waals surface area (Å²) in [6.07, 6.45) is 6.22. The Hall–Kier alpha value is -2.50. The molecule has 6 heteroatoms. The van der Waals surface area contributed by atoms with Gasteiger partial charge >= 0.3 is 0 Å². The number of nitrogens with one attached hydrogen (secondary N) is 1. The molecule has 1 N–H and O–H groups in total. The van der Waals surface area contributed by atoms with Crippen molar-refractivity contribution in [2.24, 2.45) is 0 Å². The molecule has 0 saturated carbocycles. The van der Waals surface area contributed by atoms with Gasteiger partial charge in [0, 0.05) is 29.1 Å². The van der Waals surface area contributed by atoms with E-state index < -0.39 is 0 Å². The largest absolute Gasteiger partial charge is 0.313 e. The van der Waals surface area contributed by atoms with Gasteiger partial charge < -0.3 is 4.98 Å². The van der Waals surface area contributed by atoms with Crippen LogP contribution in [0, 0.1) is 0 Å². The first kappa shape index (κ1) is 15.4. The molecule has 0 spiro atoms. The van der Waals surface area contributed by atoms with Gasteiger partial charge in [0.05, 0.1) is 9.20 Å². The van der Waals surface area contributed by atoms with Gasteiger partial charge in [0.1, 0.15) is 0 Å². The van der Waals surface area contributed by atoms with Crippen LogP contribution in [0.4, 0.5) is 0 Å². The number of halogens is 1. The molecule has 3 aromatic rings. The predicted molar refractivity (Wildman–Crippen MR) is 92.2 cm³/mol. The van der Waals surface area contributed by atoms with Gasteiger partial charge in [-0.3, -0.25) is 14.6 Å². The summed E-state index contributed by atoms with van der Waals surface area (Å²) in [6, 6.07) is 10.5. The first-order valence-corrected chi connectivity index (χ1v) is 7.94. The lowest BCUT2D eigenvalue weighted by Crippen LogP contribution is -2.20. The maximum atomic E-state index is 12.1. The Bertz CT molecular complexity index is 1020. The highest BCUT2D eigenvalue weighted by molar-refractivity contribution is 7.07. The van der Waals surface area contributed by atoms with Crippen molar-refractivity contribution >= 4 is 40.9 Å². The number of ketones is 1. The molecule has 4 nitrogen and oxygen atoms in total. The molecule has 0 amide bonds. The van der Waals surface area contributed by atoms with Crippen molar-refractivity contribution in [1.29, 1.82) is 0 Å². The van der Waals surface area contributed by atoms with E-state index in [1.165, 1.54) is 17.4 Å². The molecule has 2 heterocycles. The van der Waals surface area contributed by atoms with E-state index in [1.807, 2.05) is 18.2 Å². The number of aromatic amines is 1. The molecule has 1 aromatic carbocycles. The lowest BCUT2D eigenvalue weighted by Gasteiger charge is -1.94. The molecule has 0 aliphatic heterocycles. The third-order valence-corrected chi connectivity index (χ3v) is 4.41. The number of hydrogen-bond donors (Lipinski definition) is 1. The third-order valence-electron chi connectivity index (χ3n) is 3.10. The first-order chi connectivity index (χ1) is 11.1. The summed E-state index contributed by atoms with van der Waals surface area (Å²) in [6.45, 7) is 0. The van der Waals surface area contributed by atoms with Crippen LogP contribution in [-0.4, -0.2) is 15.8 Å². The second-order valence-corrected chi connectivity index (χ2v) is 6.19. The van der Waals surface area contributed by atoms with E-state index in [1.54, 1.807) is 36.7 Å². The smallest absolute Gasteiger partial charge is 0.266 e. The van der Waals surface area contributed by atoms with E-state index in [2.05, 4.69) is 9.97 Å². The fourth-order valence-electron chi connectivity index (χ4n) is 1.98. The van der Waals surface area contributed by atoms with Gasteiger partial charge in [-0.25, -0.2) is 0 Å². The Morgan fingerprint density at radius 3 is 2.65 bits per heavy atom. The topological polar surface area (TPSA) is 62.8 Å². The lowest BCUT2D eigenvalue weighted by molar-refractivity contribution is 0.106. The molecule has 0 unspecified atom stereocenters. The van der Waals surface area contributed by atoms with Crippen LogP contribution >= 0.6 is 22.9 Å². The zero-order valence-electron chi connectivity index (χ0n) is 11.8. The molecular formula is C17H11ClN2O2S. The number of hydrogen-bond acceptors (Lipinski definition) is 4. The first-order valence-electron chi connectivity index (χ1n) is 6.75. The van der Waals surface area contributed by atoms with Gasteiger partial charge in [-0.05, 0) is 29.8 Å². The number of benzene rings is 1. The summed E-state index contributed by atoms with van der Waals surface area (Å²) in [5.41, 5.74) is 1.03. The summed E-state index contributed by atoms with van der Waals surface area (Å²) in [5, 5.41) is 0.568. The summed E-state index contributed by atoms with van der Waals surface area (Å²) in [7, 11) is 0. The quantitative estimate of drug-likeness (QED) is 0.740. The standard InChI is InChI=1S/C17H11ClN2O2S/c18-13-4-2-1-3-12(13)9-15-17(22)20-16(23-15)10-14(21)11-5-7-19-8-6-11/h1-10H,(H,20,22)/b15-9-,16-10-. The van der Waals surface area contributed by atoms with Crippen LogP contribution in [0.3, 0.4) is 0 Å². The number of carbonyl (C=O) groups is 1. The van der Waals surface area contributed by atoms with Crippen molar-refractivity contribution in [3.63, 3.8) is 0 Å². The summed E-state index contributed by atoms with van der Waals surface area (Å²) >= 11 is 7.30. The normalized spacial score (nSPS) is 12.6. The van der Waals surface area contributed by atoms with E-state index in [-0.39, 0.29) is 11.3 Å². The van der Waals surface area contributed by atoms with E-state index >= 15 is 0 Å². The van der Waals surface area contributed by atoms with E-state index in [4.69, 9.17) is 11.6 Å². The second-order valence-electron chi connectivity index (χ2n) is 4.70. The van der Waals surface area contributed by atoms with Gasteiger partial charge in [0.15, 0.2) is 5.78 Å². The molecule has 0 fully saturated rings. The monoisotopic (exact) mass is 342 g/mol. The van der Waals surface area contributed by atoms with Gasteiger partial charge in [-0.2, -0.15) is 0 Å². The van der Waals surface area contributed by atoms with Gasteiger partial charge in [0.2, 0.25) is 0 Å². The Balaban J connectivity index is 2.02. The SMILES string of the molecule is O=C(/C=c1/[nH]c(=O)/c(=C/c2ccccc2Cl)s1)c1ccncc1. The molecule has 23 heavy (non-hydrogen) atoms. The summed E-state index contributed by atoms with van der Waals surface area (Å²) in [4.78, 5) is 30.7. The van der Waals surface area contributed by atoms with E-state index in [9.17, 15) is 9.59 Å². The van der Waals surface area contributed by atoms with Crippen LogP contribution < -0.4 is 14.8 Å². The minimum atomic E-state index is -0.247. The van der Waals surface area contributed by atoms with Crippen LogP contribution in [0.1, 0.15) is 15.9 Å². The maximum absolute atomic E-state index is 12.1. The highest BCUT2D eigenvalue weighted by atomic mass is 35.5. The van der Waals surface area contributed by atoms with Crippen LogP contribution in [0.15, 0.2) is 53.6 Å². The van der Waals surface area contributed by atoms with Gasteiger partial charge in [0.25, 0.3) is 5.56 Å². The summed E-state index contributed by atoms with van der Waals surface area (Å²) < 4.78 is 0.988. The molecule has 0 atom stereocenters. The van der Waals surface area contributed by atoms with Crippen molar-refractivity contribution in [2.45, 2.75) is 0 Å². The number of nitrogens with zero attached hydrogens (tertiary/aromatic N) is 1. The predicted octanol–water partition coefficient (Wildman–Crippen LogP) is 1.98. The number of aromatic nitrogens is 2. The number of thiazole rings is 1. The molecule has 0 aliphatic rings. The van der Waals surface area contributed by atoms with Gasteiger partial charge in [-0.1, -0.05) is 29.8 Å². The van der Waals surface area contributed by atoms with Gasteiger partial charge in [-0.15, -0.1) is 11.3 Å². The molecule has 0 saturated heterocycles. The number of H-pyrrole nitrogens is 1. The van der Waals surface area contributed by atoms with Crippen molar-refractivity contribution < 1.29 is 4.79 Å². The zero-order chi connectivity index (χ0) is 16.2. The Labute approximate surface area is 140 Å². The highest BCUT2D eigenvalue weighted by Gasteiger charge is 2.03. The molecule has 0 bridgehead atoms. The van der Waals surface area contributed by atoms with Crippen LogP contribution in [-0.2, 0) is 0 Å². The molecule has 0 aliphatic carbocycles. The van der Waals surface area contributed by atoms with E-state index in [0.29, 0.717) is 19.8 Å². The lowest BCUT2D eigenvalue weighted by atomic mass is 10.2. The number of Topliss-reactive ketones (excluding diaryl/α,β-unsaturated/α-hetero) is 1. The fraction of sp³-hybridized carbons (Fsp3) is 0. The second kappa shape index (κ2) is 6.73. The van der Waals surface area contributed by atoms with Crippen molar-refractivity contribution in [2.75, 3.05) is 0 Å². The molecule has 114 valence electrons. The Kier molecular flexibility index (Phi) is 4.50. The number of rotatable bonds is 3. The summed E-state index contributed by atoms with van der Waals surface area (Å²) in [5.74, 6) is -0.186. The molecular weight excluding hydrogens is 332 g/mol. The minimum Gasteiger partial charge on any atom is -0.313 e. The van der Waals surface area contributed by atoms with E-state index in [0.717, 1.165) is 5.56 Å². The maximum Gasteiger partial charge on any atom is 0.266 e. The Morgan fingerprint density at radius 1 is 1.17 bits per heavy atom.